The van der Waals surface area contributed by atoms with E-state index in [1.165, 1.54) is 6.07 Å². The van der Waals surface area contributed by atoms with E-state index in [1.54, 1.807) is 0 Å². The monoisotopic (exact) mass is 247 g/mol. The molecule has 72 valence electrons. The molecule has 0 amide bonds. The van der Waals surface area contributed by atoms with Crippen LogP contribution in [0.1, 0.15) is 16.1 Å². The van der Waals surface area contributed by atoms with Gasteiger partial charge in [0.25, 0.3) is 0 Å². The maximum absolute atomic E-state index is 10.5. The third-order valence-electron chi connectivity index (χ3n) is 1.45. The Balaban J connectivity index is 2.90. The number of furan rings is 1. The quantitative estimate of drug-likeness (QED) is 0.886. The molecular formula is C8H10BrNO3. The predicted octanol–water partition coefficient (Wildman–Crippen LogP) is 1.80. The van der Waals surface area contributed by atoms with Crippen molar-refractivity contribution in [3.05, 3.63) is 22.1 Å². The van der Waals surface area contributed by atoms with Crippen LogP contribution in [0.15, 0.2) is 15.2 Å². The summed E-state index contributed by atoms with van der Waals surface area (Å²) in [7, 11) is 3.81. The highest BCUT2D eigenvalue weighted by atomic mass is 79.9. The number of rotatable bonds is 3. The van der Waals surface area contributed by atoms with Crippen LogP contribution in [0.5, 0.6) is 0 Å². The molecule has 0 aliphatic rings. The maximum atomic E-state index is 10.5. The Kier molecular flexibility index (Phi) is 3.11. The van der Waals surface area contributed by atoms with Gasteiger partial charge in [0.2, 0.25) is 5.76 Å². The van der Waals surface area contributed by atoms with Gasteiger partial charge < -0.3 is 14.4 Å². The number of carboxylic acid groups (broad SMARTS) is 1. The number of halogens is 1. The molecule has 0 aliphatic carbocycles. The van der Waals surface area contributed by atoms with E-state index in [1.807, 2.05) is 19.0 Å². The van der Waals surface area contributed by atoms with Gasteiger partial charge in [-0.25, -0.2) is 4.79 Å². The molecule has 0 radical (unpaired) electrons. The molecule has 0 aliphatic heterocycles. The van der Waals surface area contributed by atoms with Crippen LogP contribution in [0.2, 0.25) is 0 Å². The van der Waals surface area contributed by atoms with Crippen molar-refractivity contribution in [3.8, 4) is 0 Å². The highest BCUT2D eigenvalue weighted by Crippen LogP contribution is 2.22. The highest BCUT2D eigenvalue weighted by Gasteiger charge is 2.13. The number of hydrogen-bond acceptors (Lipinski definition) is 3. The van der Waals surface area contributed by atoms with Crippen molar-refractivity contribution >= 4 is 21.9 Å². The zero-order chi connectivity index (χ0) is 10.0. The van der Waals surface area contributed by atoms with E-state index in [9.17, 15) is 4.79 Å². The Morgan fingerprint density at radius 2 is 2.31 bits per heavy atom. The third kappa shape index (κ3) is 2.57. The average Bonchev–Trinajstić information content (AvgIpc) is 2.31. The fourth-order valence-corrected chi connectivity index (χ4v) is 1.37. The van der Waals surface area contributed by atoms with Gasteiger partial charge in [-0.1, -0.05) is 0 Å². The van der Waals surface area contributed by atoms with Crippen LogP contribution in [0.3, 0.4) is 0 Å². The van der Waals surface area contributed by atoms with Crippen molar-refractivity contribution in [1.29, 1.82) is 0 Å². The standard InChI is InChI=1S/C8H10BrNO3/c1-10(2)4-5-3-6(8(11)12)13-7(5)9/h3H,4H2,1-2H3,(H,11,12). The summed E-state index contributed by atoms with van der Waals surface area (Å²) >= 11 is 3.16. The lowest BCUT2D eigenvalue weighted by atomic mass is 10.3. The second kappa shape index (κ2) is 3.93. The van der Waals surface area contributed by atoms with Crippen molar-refractivity contribution < 1.29 is 14.3 Å². The lowest BCUT2D eigenvalue weighted by Gasteiger charge is -2.06. The smallest absolute Gasteiger partial charge is 0.371 e. The summed E-state index contributed by atoms with van der Waals surface area (Å²) in [6, 6.07) is 1.52. The minimum atomic E-state index is -1.05. The molecule has 1 heterocycles. The van der Waals surface area contributed by atoms with E-state index in [0.29, 0.717) is 11.2 Å². The predicted molar refractivity (Wildman–Crippen MR) is 50.8 cm³/mol. The molecule has 0 aromatic carbocycles. The Morgan fingerprint density at radius 3 is 2.69 bits per heavy atom. The number of carbonyl (C=O) groups is 1. The van der Waals surface area contributed by atoms with Crippen LogP contribution in [-0.2, 0) is 6.54 Å². The van der Waals surface area contributed by atoms with E-state index in [2.05, 4.69) is 15.9 Å². The van der Waals surface area contributed by atoms with Crippen LogP contribution in [0.4, 0.5) is 0 Å². The van der Waals surface area contributed by atoms with Crippen molar-refractivity contribution in [2.24, 2.45) is 0 Å². The molecule has 1 rings (SSSR count). The molecule has 0 saturated carbocycles. The second-order valence-electron chi connectivity index (χ2n) is 2.95. The van der Waals surface area contributed by atoms with Gasteiger partial charge in [0.05, 0.1) is 0 Å². The molecule has 0 fully saturated rings. The Labute approximate surface area is 84.3 Å². The first-order valence-corrected chi connectivity index (χ1v) is 4.46. The van der Waals surface area contributed by atoms with E-state index in [-0.39, 0.29) is 5.76 Å². The minimum Gasteiger partial charge on any atom is -0.475 e. The van der Waals surface area contributed by atoms with Crippen LogP contribution in [0, 0.1) is 0 Å². The largest absolute Gasteiger partial charge is 0.475 e. The molecule has 13 heavy (non-hydrogen) atoms. The topological polar surface area (TPSA) is 53.7 Å². The molecule has 0 saturated heterocycles. The van der Waals surface area contributed by atoms with Crippen molar-refractivity contribution in [3.63, 3.8) is 0 Å². The van der Waals surface area contributed by atoms with E-state index < -0.39 is 5.97 Å². The lowest BCUT2D eigenvalue weighted by Crippen LogP contribution is -2.10. The van der Waals surface area contributed by atoms with Gasteiger partial charge in [0.1, 0.15) is 0 Å². The van der Waals surface area contributed by atoms with E-state index in [0.717, 1.165) is 5.56 Å². The van der Waals surface area contributed by atoms with Crippen LogP contribution in [0.25, 0.3) is 0 Å². The van der Waals surface area contributed by atoms with Gasteiger partial charge in [-0.3, -0.25) is 0 Å². The van der Waals surface area contributed by atoms with Crippen LogP contribution >= 0.6 is 15.9 Å². The molecule has 1 aromatic rings. The molecule has 0 bridgehead atoms. The average molecular weight is 248 g/mol. The van der Waals surface area contributed by atoms with Gasteiger partial charge >= 0.3 is 5.97 Å². The van der Waals surface area contributed by atoms with Gasteiger partial charge in [-0.2, -0.15) is 0 Å². The van der Waals surface area contributed by atoms with Gasteiger partial charge in [-0.05, 0) is 36.1 Å². The van der Waals surface area contributed by atoms with Crippen molar-refractivity contribution in [2.45, 2.75) is 6.54 Å². The van der Waals surface area contributed by atoms with E-state index >= 15 is 0 Å². The first-order chi connectivity index (χ1) is 6.00. The summed E-state index contributed by atoms with van der Waals surface area (Å²) in [5, 5.41) is 8.63. The zero-order valence-electron chi connectivity index (χ0n) is 7.37. The maximum Gasteiger partial charge on any atom is 0.371 e. The molecule has 0 spiro atoms. The molecule has 0 atom stereocenters. The minimum absolute atomic E-state index is 0.0382. The highest BCUT2D eigenvalue weighted by molar-refractivity contribution is 9.10. The molecule has 5 heteroatoms. The molecule has 1 N–H and O–H groups in total. The molecule has 1 aromatic heterocycles. The second-order valence-corrected chi connectivity index (χ2v) is 3.67. The normalized spacial score (nSPS) is 10.8. The lowest BCUT2D eigenvalue weighted by molar-refractivity contribution is 0.0661. The first kappa shape index (κ1) is 10.3. The van der Waals surface area contributed by atoms with Gasteiger partial charge in [0, 0.05) is 12.1 Å². The summed E-state index contributed by atoms with van der Waals surface area (Å²) in [5.74, 6) is -1.09. The zero-order valence-corrected chi connectivity index (χ0v) is 8.96. The summed E-state index contributed by atoms with van der Waals surface area (Å²) in [4.78, 5) is 12.5. The third-order valence-corrected chi connectivity index (χ3v) is 2.13. The number of aromatic carboxylic acids is 1. The molecular weight excluding hydrogens is 238 g/mol. The summed E-state index contributed by atoms with van der Waals surface area (Å²) < 4.78 is 5.45. The van der Waals surface area contributed by atoms with Crippen LogP contribution in [-0.4, -0.2) is 30.1 Å². The Morgan fingerprint density at radius 1 is 1.69 bits per heavy atom. The van der Waals surface area contributed by atoms with Crippen molar-refractivity contribution in [1.82, 2.24) is 4.90 Å². The fourth-order valence-electron chi connectivity index (χ4n) is 0.960. The van der Waals surface area contributed by atoms with Gasteiger partial charge in [0.15, 0.2) is 4.67 Å². The SMILES string of the molecule is CN(C)Cc1cc(C(=O)O)oc1Br. The Hall–Kier alpha value is -0.810. The molecule has 4 nitrogen and oxygen atoms in total. The molecule has 0 unspecified atom stereocenters. The summed E-state index contributed by atoms with van der Waals surface area (Å²) in [5.41, 5.74) is 0.836. The first-order valence-electron chi connectivity index (χ1n) is 3.67. The number of carboxylic acids is 1. The fraction of sp³-hybridized carbons (Fsp3) is 0.375. The Bertz CT molecular complexity index is 319. The summed E-state index contributed by atoms with van der Waals surface area (Å²) in [6.07, 6.45) is 0. The summed E-state index contributed by atoms with van der Waals surface area (Å²) in [6.45, 7) is 0.650. The van der Waals surface area contributed by atoms with E-state index in [4.69, 9.17) is 9.52 Å². The van der Waals surface area contributed by atoms with Crippen LogP contribution < -0.4 is 0 Å². The number of nitrogens with zero attached hydrogens (tertiary/aromatic N) is 1. The van der Waals surface area contributed by atoms with Crippen molar-refractivity contribution in [2.75, 3.05) is 14.1 Å². The number of hydrogen-bond donors (Lipinski definition) is 1. The van der Waals surface area contributed by atoms with Gasteiger partial charge in [-0.15, -0.1) is 0 Å².